The first-order valence-corrected chi connectivity index (χ1v) is 4.28. The molecule has 0 atom stereocenters. The van der Waals surface area contributed by atoms with Crippen LogP contribution in [0.2, 0.25) is 0 Å². The third kappa shape index (κ3) is 1.76. The van der Waals surface area contributed by atoms with Crippen LogP contribution in [0, 0.1) is 0 Å². The van der Waals surface area contributed by atoms with Gasteiger partial charge in [0, 0.05) is 17.9 Å². The molecule has 0 fully saturated rings. The van der Waals surface area contributed by atoms with Crippen molar-refractivity contribution in [2.45, 2.75) is 33.7 Å². The molecule has 0 spiro atoms. The molecule has 0 amide bonds. The first-order valence-electron chi connectivity index (χ1n) is 4.28. The second-order valence-corrected chi connectivity index (χ2v) is 3.47. The maximum atomic E-state index is 4.10. The third-order valence-electron chi connectivity index (χ3n) is 1.86. The quantitative estimate of drug-likeness (QED) is 0.581. The van der Waals surface area contributed by atoms with E-state index in [2.05, 4.69) is 43.7 Å². The third-order valence-corrected chi connectivity index (χ3v) is 1.86. The molecule has 66 valence electrons. The maximum Gasteiger partial charge on any atom is 0.0951 e. The largest absolute Gasteiger partial charge is 0.330 e. The molecule has 1 heterocycles. The SMILES string of the molecule is CC(C)=C1C=CN=CN1C(C)C. The second-order valence-electron chi connectivity index (χ2n) is 3.47. The van der Waals surface area contributed by atoms with E-state index in [1.807, 2.05) is 12.5 Å². The van der Waals surface area contributed by atoms with Crippen molar-refractivity contribution in [3.63, 3.8) is 0 Å². The van der Waals surface area contributed by atoms with E-state index in [0.717, 1.165) is 0 Å². The van der Waals surface area contributed by atoms with Gasteiger partial charge in [-0.05, 0) is 33.8 Å². The lowest BCUT2D eigenvalue weighted by Gasteiger charge is -2.27. The van der Waals surface area contributed by atoms with Gasteiger partial charge < -0.3 is 4.90 Å². The summed E-state index contributed by atoms with van der Waals surface area (Å²) in [5, 5.41) is 0. The Balaban J connectivity index is 2.94. The van der Waals surface area contributed by atoms with Crippen LogP contribution >= 0.6 is 0 Å². The fourth-order valence-electron chi connectivity index (χ4n) is 1.21. The fraction of sp³-hybridized carbons (Fsp3) is 0.500. The molecule has 0 aromatic carbocycles. The molecular formula is C10H16N2. The van der Waals surface area contributed by atoms with Gasteiger partial charge in [-0.1, -0.05) is 5.57 Å². The Kier molecular flexibility index (Phi) is 2.69. The lowest BCUT2D eigenvalue weighted by Crippen LogP contribution is -2.29. The minimum atomic E-state index is 0.476. The summed E-state index contributed by atoms with van der Waals surface area (Å²) in [6.07, 6.45) is 5.77. The van der Waals surface area contributed by atoms with Crippen molar-refractivity contribution in [2.24, 2.45) is 4.99 Å². The first-order chi connectivity index (χ1) is 5.63. The van der Waals surface area contributed by atoms with Crippen LogP contribution in [0.5, 0.6) is 0 Å². The van der Waals surface area contributed by atoms with E-state index >= 15 is 0 Å². The molecule has 0 radical (unpaired) electrons. The summed E-state index contributed by atoms with van der Waals surface area (Å²) < 4.78 is 0. The fourth-order valence-corrected chi connectivity index (χ4v) is 1.21. The van der Waals surface area contributed by atoms with Crippen LogP contribution in [-0.4, -0.2) is 17.3 Å². The van der Waals surface area contributed by atoms with Gasteiger partial charge in [-0.25, -0.2) is 4.99 Å². The van der Waals surface area contributed by atoms with Crippen LogP contribution in [0.4, 0.5) is 0 Å². The molecule has 0 saturated carbocycles. The highest BCUT2D eigenvalue weighted by molar-refractivity contribution is 5.63. The molecule has 0 aliphatic carbocycles. The zero-order valence-corrected chi connectivity index (χ0v) is 8.20. The van der Waals surface area contributed by atoms with Crippen molar-refractivity contribution in [3.05, 3.63) is 23.5 Å². The summed E-state index contributed by atoms with van der Waals surface area (Å²) in [5.41, 5.74) is 2.59. The van der Waals surface area contributed by atoms with Gasteiger partial charge in [0.1, 0.15) is 0 Å². The van der Waals surface area contributed by atoms with Gasteiger partial charge >= 0.3 is 0 Å². The van der Waals surface area contributed by atoms with Crippen molar-refractivity contribution in [3.8, 4) is 0 Å². The van der Waals surface area contributed by atoms with Gasteiger partial charge in [-0.15, -0.1) is 0 Å². The van der Waals surface area contributed by atoms with E-state index in [1.54, 1.807) is 0 Å². The lowest BCUT2D eigenvalue weighted by atomic mass is 10.2. The zero-order chi connectivity index (χ0) is 9.14. The Hall–Kier alpha value is -1.05. The van der Waals surface area contributed by atoms with Crippen molar-refractivity contribution in [1.82, 2.24) is 4.90 Å². The summed E-state index contributed by atoms with van der Waals surface area (Å²) in [5.74, 6) is 0. The average molecular weight is 164 g/mol. The highest BCUT2D eigenvalue weighted by atomic mass is 15.2. The van der Waals surface area contributed by atoms with Crippen LogP contribution in [0.1, 0.15) is 27.7 Å². The molecule has 1 rings (SSSR count). The van der Waals surface area contributed by atoms with Crippen LogP contribution in [-0.2, 0) is 0 Å². The summed E-state index contributed by atoms with van der Waals surface area (Å²) in [4.78, 5) is 6.27. The molecular weight excluding hydrogens is 148 g/mol. The van der Waals surface area contributed by atoms with Crippen molar-refractivity contribution in [2.75, 3.05) is 0 Å². The van der Waals surface area contributed by atoms with E-state index in [-0.39, 0.29) is 0 Å². The van der Waals surface area contributed by atoms with Crippen molar-refractivity contribution < 1.29 is 0 Å². The Morgan fingerprint density at radius 3 is 2.50 bits per heavy atom. The summed E-state index contributed by atoms with van der Waals surface area (Å²) >= 11 is 0. The monoisotopic (exact) mass is 164 g/mol. The topological polar surface area (TPSA) is 15.6 Å². The normalized spacial score (nSPS) is 16.1. The highest BCUT2D eigenvalue weighted by Crippen LogP contribution is 2.16. The number of allylic oxidation sites excluding steroid dienone is 2. The molecule has 1 aliphatic heterocycles. The van der Waals surface area contributed by atoms with Gasteiger partial charge in [0.05, 0.1) is 6.34 Å². The maximum absolute atomic E-state index is 4.10. The van der Waals surface area contributed by atoms with E-state index in [4.69, 9.17) is 0 Å². The Morgan fingerprint density at radius 1 is 1.42 bits per heavy atom. The van der Waals surface area contributed by atoms with E-state index < -0.39 is 0 Å². The molecule has 0 bridgehead atoms. The molecule has 0 N–H and O–H groups in total. The molecule has 0 aromatic heterocycles. The number of nitrogens with zero attached hydrogens (tertiary/aromatic N) is 2. The summed E-state index contributed by atoms with van der Waals surface area (Å²) in [6.45, 7) is 8.56. The van der Waals surface area contributed by atoms with Crippen LogP contribution < -0.4 is 0 Å². The Labute approximate surface area is 74.3 Å². The first kappa shape index (κ1) is 9.04. The molecule has 12 heavy (non-hydrogen) atoms. The van der Waals surface area contributed by atoms with Gasteiger partial charge in [0.2, 0.25) is 0 Å². The minimum absolute atomic E-state index is 0.476. The number of aliphatic imine (C=N–C) groups is 1. The van der Waals surface area contributed by atoms with Gasteiger partial charge in [0.25, 0.3) is 0 Å². The van der Waals surface area contributed by atoms with Gasteiger partial charge in [-0.2, -0.15) is 0 Å². The second kappa shape index (κ2) is 3.57. The summed E-state index contributed by atoms with van der Waals surface area (Å²) in [6, 6.07) is 0.476. The molecule has 0 unspecified atom stereocenters. The standard InChI is InChI=1S/C10H16N2/c1-8(2)10-5-6-11-7-12(10)9(3)4/h5-7,9H,1-4H3. The summed E-state index contributed by atoms with van der Waals surface area (Å²) in [7, 11) is 0. The Bertz CT molecular complexity index is 243. The van der Waals surface area contributed by atoms with Crippen LogP contribution in [0.25, 0.3) is 0 Å². The molecule has 0 saturated heterocycles. The van der Waals surface area contributed by atoms with Crippen molar-refractivity contribution in [1.29, 1.82) is 0 Å². The minimum Gasteiger partial charge on any atom is -0.330 e. The smallest absolute Gasteiger partial charge is 0.0951 e. The highest BCUT2D eigenvalue weighted by Gasteiger charge is 2.11. The average Bonchev–Trinajstić information content (AvgIpc) is 2.04. The van der Waals surface area contributed by atoms with E-state index in [0.29, 0.717) is 6.04 Å². The van der Waals surface area contributed by atoms with Crippen LogP contribution in [0.15, 0.2) is 28.5 Å². The van der Waals surface area contributed by atoms with Gasteiger partial charge in [0.15, 0.2) is 0 Å². The number of hydrogen-bond acceptors (Lipinski definition) is 2. The predicted octanol–water partition coefficient (Wildman–Crippen LogP) is 2.55. The molecule has 2 nitrogen and oxygen atoms in total. The molecule has 0 aromatic rings. The van der Waals surface area contributed by atoms with E-state index in [1.165, 1.54) is 11.3 Å². The number of hydrogen-bond donors (Lipinski definition) is 0. The lowest BCUT2D eigenvalue weighted by molar-refractivity contribution is 0.441. The van der Waals surface area contributed by atoms with E-state index in [9.17, 15) is 0 Å². The van der Waals surface area contributed by atoms with Gasteiger partial charge in [-0.3, -0.25) is 0 Å². The molecule has 2 heteroatoms. The number of rotatable bonds is 1. The zero-order valence-electron chi connectivity index (χ0n) is 8.20. The molecule has 1 aliphatic rings. The predicted molar refractivity (Wildman–Crippen MR) is 53.0 cm³/mol. The Morgan fingerprint density at radius 2 is 2.08 bits per heavy atom. The van der Waals surface area contributed by atoms with Crippen molar-refractivity contribution >= 4 is 6.34 Å². The van der Waals surface area contributed by atoms with Crippen LogP contribution in [0.3, 0.4) is 0 Å².